The molecule has 2 atom stereocenters. The van der Waals surface area contributed by atoms with Gasteiger partial charge in [0, 0.05) is 0 Å². The molecule has 0 rings (SSSR count). The Balaban J connectivity index is 4.41. The van der Waals surface area contributed by atoms with Crippen LogP contribution in [0.15, 0.2) is 0 Å². The second-order valence-corrected chi connectivity index (χ2v) is 9.82. The molecule has 0 saturated carbocycles. The Labute approximate surface area is 100.0 Å². The Morgan fingerprint density at radius 2 is 1.33 bits per heavy atom. The van der Waals surface area contributed by atoms with Crippen LogP contribution < -0.4 is 0 Å². The second-order valence-electron chi connectivity index (χ2n) is 1.89. The zero-order chi connectivity index (χ0) is 10.2. The fourth-order valence-electron chi connectivity index (χ4n) is 0.332. The fraction of sp³-hybridized carbons (Fsp3) is 1.00. The van der Waals surface area contributed by atoms with Crippen LogP contribution in [0.3, 0.4) is 0 Å². The molecule has 0 bridgehead atoms. The highest BCUT2D eigenvalue weighted by molar-refractivity contribution is 9.40. The van der Waals surface area contributed by atoms with Crippen LogP contribution in [0, 0.1) is 0 Å². The van der Waals surface area contributed by atoms with E-state index in [1.165, 1.54) is 0 Å². The van der Waals surface area contributed by atoms with E-state index < -0.39 is 19.3 Å². The quantitative estimate of drug-likeness (QED) is 0.412. The lowest BCUT2D eigenvalue weighted by molar-refractivity contribution is -0.178. The number of halogens is 8. The van der Waals surface area contributed by atoms with Crippen molar-refractivity contribution >= 4 is 63.7 Å². The van der Waals surface area contributed by atoms with Crippen molar-refractivity contribution in [3.63, 3.8) is 0 Å². The summed E-state index contributed by atoms with van der Waals surface area (Å²) in [4.78, 5) is -1.45. The van der Waals surface area contributed by atoms with E-state index in [1.54, 1.807) is 0 Å². The zero-order valence-electron chi connectivity index (χ0n) is 5.18. The minimum Gasteiger partial charge on any atom is -0.236 e. The van der Waals surface area contributed by atoms with Gasteiger partial charge in [0.15, 0.2) is 2.14 Å². The van der Waals surface area contributed by atoms with Gasteiger partial charge in [-0.05, 0) is 0 Å². The summed E-state index contributed by atoms with van der Waals surface area (Å²) >= 11 is 10.9. The van der Waals surface area contributed by atoms with Crippen molar-refractivity contribution in [1.82, 2.24) is 0 Å². The van der Waals surface area contributed by atoms with Crippen LogP contribution in [0.2, 0.25) is 0 Å². The van der Waals surface area contributed by atoms with Gasteiger partial charge in [-0.15, -0.1) is 0 Å². The lowest BCUT2D eigenvalue weighted by Crippen LogP contribution is -2.39. The van der Waals surface area contributed by atoms with E-state index >= 15 is 0 Å². The van der Waals surface area contributed by atoms with Gasteiger partial charge in [0.1, 0.15) is 0 Å². The third-order valence-corrected chi connectivity index (χ3v) is 5.36. The smallest absolute Gasteiger partial charge is 0.236 e. The van der Waals surface area contributed by atoms with Crippen LogP contribution in [-0.2, 0) is 0 Å². The van der Waals surface area contributed by atoms with Crippen molar-refractivity contribution in [3.05, 3.63) is 0 Å². The minimum absolute atomic E-state index is 1.30. The van der Waals surface area contributed by atoms with Crippen LogP contribution >= 0.6 is 63.7 Å². The Bertz CT molecular complexity index is 132. The van der Waals surface area contributed by atoms with Crippen molar-refractivity contribution in [2.75, 3.05) is 0 Å². The van der Waals surface area contributed by atoms with E-state index in [-0.39, 0.29) is 0 Å². The molecule has 0 heterocycles. The molecule has 8 heteroatoms. The van der Waals surface area contributed by atoms with Gasteiger partial charge in [-0.3, -0.25) is 0 Å². The minimum atomic E-state index is -4.87. The maximum Gasteiger partial charge on any atom is 0.420 e. The molecule has 0 aliphatic heterocycles. The monoisotopic (exact) mass is 442 g/mol. The summed E-state index contributed by atoms with van der Waals surface area (Å²) in [5, 5.41) is 0. The number of alkyl halides is 8. The first-order chi connectivity index (χ1) is 5.07. The van der Waals surface area contributed by atoms with Crippen LogP contribution in [0.4, 0.5) is 17.6 Å². The van der Waals surface area contributed by atoms with Crippen molar-refractivity contribution in [3.8, 4) is 0 Å². The molecule has 0 saturated heterocycles. The molecule has 0 amide bonds. The van der Waals surface area contributed by atoms with E-state index in [4.69, 9.17) is 0 Å². The maximum atomic E-state index is 12.5. The topological polar surface area (TPSA) is 0 Å². The summed E-state index contributed by atoms with van der Waals surface area (Å²) in [6.45, 7) is 0. The number of hydrogen-bond acceptors (Lipinski definition) is 0. The largest absolute Gasteiger partial charge is 0.420 e. The Morgan fingerprint density at radius 1 is 1.00 bits per heavy atom. The first kappa shape index (κ1) is 13.6. The fourth-order valence-corrected chi connectivity index (χ4v) is 1.33. The summed E-state index contributed by atoms with van der Waals surface area (Å²) in [6.07, 6.45) is -7.81. The molecule has 0 aromatic carbocycles. The first-order valence-corrected chi connectivity index (χ1v) is 5.78. The predicted octanol–water partition coefficient (Wildman–Crippen LogP) is 4.49. The summed E-state index contributed by atoms with van der Waals surface area (Å²) < 4.78 is 46.5. The molecule has 2 unspecified atom stereocenters. The van der Waals surface area contributed by atoms with Crippen LogP contribution in [0.5, 0.6) is 0 Å². The first-order valence-electron chi connectivity index (χ1n) is 2.48. The lowest BCUT2D eigenvalue weighted by atomic mass is 10.3. The van der Waals surface area contributed by atoms with E-state index in [9.17, 15) is 17.6 Å². The molecule has 0 fully saturated rings. The van der Waals surface area contributed by atoms with Gasteiger partial charge in [0.25, 0.3) is 0 Å². The number of hydrogen-bond donors (Lipinski definition) is 0. The summed E-state index contributed by atoms with van der Waals surface area (Å²) in [5.74, 6) is 0. The zero-order valence-corrected chi connectivity index (χ0v) is 11.5. The Kier molecular flexibility index (Phi) is 5.05. The van der Waals surface area contributed by atoms with Crippen molar-refractivity contribution in [1.29, 1.82) is 0 Å². The summed E-state index contributed by atoms with van der Waals surface area (Å²) in [6, 6.07) is 0. The van der Waals surface area contributed by atoms with Gasteiger partial charge in [0.2, 0.25) is 6.17 Å². The molecule has 0 aliphatic rings. The third kappa shape index (κ3) is 4.23. The van der Waals surface area contributed by atoms with E-state index in [1.807, 2.05) is 0 Å². The molecule has 0 N–H and O–H groups in total. The number of rotatable bonds is 1. The Morgan fingerprint density at radius 3 is 1.42 bits per heavy atom. The SMILES string of the molecule is FC(C(Br)C(Br)(Br)Br)C(F)(F)F. The second kappa shape index (κ2) is 4.44. The molecule has 74 valence electrons. The summed E-state index contributed by atoms with van der Waals surface area (Å²) in [7, 11) is 0. The van der Waals surface area contributed by atoms with Crippen LogP contribution in [-0.4, -0.2) is 19.3 Å². The summed E-state index contributed by atoms with van der Waals surface area (Å²) in [5.41, 5.74) is 0. The molecule has 0 radical (unpaired) electrons. The van der Waals surface area contributed by atoms with Gasteiger partial charge in [-0.25, -0.2) is 4.39 Å². The highest BCUT2D eigenvalue weighted by atomic mass is 80.0. The van der Waals surface area contributed by atoms with Gasteiger partial charge < -0.3 is 0 Å². The van der Waals surface area contributed by atoms with Gasteiger partial charge in [0.05, 0.1) is 4.83 Å². The van der Waals surface area contributed by atoms with Crippen LogP contribution in [0.1, 0.15) is 0 Å². The molecule has 0 nitrogen and oxygen atoms in total. The van der Waals surface area contributed by atoms with Crippen molar-refractivity contribution < 1.29 is 17.6 Å². The Hall–Kier alpha value is 1.64. The van der Waals surface area contributed by atoms with Gasteiger partial charge >= 0.3 is 6.18 Å². The molecule has 12 heavy (non-hydrogen) atoms. The van der Waals surface area contributed by atoms with Gasteiger partial charge in [-0.2, -0.15) is 13.2 Å². The van der Waals surface area contributed by atoms with Gasteiger partial charge in [-0.1, -0.05) is 63.7 Å². The average Bonchev–Trinajstić information content (AvgIpc) is 1.80. The van der Waals surface area contributed by atoms with E-state index in [0.717, 1.165) is 0 Å². The van der Waals surface area contributed by atoms with E-state index in [2.05, 4.69) is 63.7 Å². The molecule has 0 aliphatic carbocycles. The van der Waals surface area contributed by atoms with Crippen LogP contribution in [0.25, 0.3) is 0 Å². The third-order valence-electron chi connectivity index (χ3n) is 0.882. The molecule has 0 aromatic heterocycles. The lowest BCUT2D eigenvalue weighted by Gasteiger charge is -2.24. The molecular formula is C4H2Br4F4. The molecular weight excluding hydrogens is 444 g/mol. The van der Waals surface area contributed by atoms with E-state index in [0.29, 0.717) is 0 Å². The van der Waals surface area contributed by atoms with Crippen molar-refractivity contribution in [2.24, 2.45) is 0 Å². The normalized spacial score (nSPS) is 19.0. The average molecular weight is 446 g/mol. The molecule has 0 aromatic rings. The highest BCUT2D eigenvalue weighted by Crippen LogP contribution is 2.46. The highest BCUT2D eigenvalue weighted by Gasteiger charge is 2.50. The standard InChI is InChI=1S/C4H2Br4F4/c5-1(3(6,7)8)2(9)4(10,11)12/h1-2H. The van der Waals surface area contributed by atoms with Crippen molar-refractivity contribution in [2.45, 2.75) is 19.3 Å². The predicted molar refractivity (Wildman–Crippen MR) is 53.2 cm³/mol. The molecule has 0 spiro atoms. The maximum absolute atomic E-state index is 12.5.